The third kappa shape index (κ3) is 11.9. The number of benzene rings is 1. The highest BCUT2D eigenvalue weighted by Crippen LogP contribution is 2.32. The third-order valence-electron chi connectivity index (χ3n) is 5.46. The number of carboxylic acid groups (broad SMARTS) is 1. The van der Waals surface area contributed by atoms with Crippen LogP contribution in [-0.4, -0.2) is 52.2 Å². The van der Waals surface area contributed by atoms with Crippen LogP contribution in [0.15, 0.2) is 18.2 Å². The van der Waals surface area contributed by atoms with Crippen molar-refractivity contribution < 1.29 is 48.0 Å². The number of rotatable bonds is 10. The van der Waals surface area contributed by atoms with Crippen molar-refractivity contribution in [3.8, 4) is 11.5 Å². The van der Waals surface area contributed by atoms with Crippen molar-refractivity contribution >= 4 is 24.2 Å². The van der Waals surface area contributed by atoms with Crippen molar-refractivity contribution in [2.24, 2.45) is 17.6 Å². The Hall–Kier alpha value is -3.34. The molecule has 0 aliphatic carbocycles. The zero-order valence-corrected chi connectivity index (χ0v) is 24.6. The standard InChI is InChI=1S/C28H43NO10/c1-16(2)18(4)22(30)35-17(3)14-28(29,23(31)32)15-19-11-12-20(36-24(33)38-26(5,6)7)21(13-19)37-25(34)39-27(8,9)10/h11-13,16-18H,14-15,29H2,1-10H3,(H,31,32)/t17-,18?,28?/m0/s1. The van der Waals surface area contributed by atoms with E-state index in [4.69, 9.17) is 29.4 Å². The molecular formula is C28H43NO10. The maximum atomic E-state index is 12.4. The van der Waals surface area contributed by atoms with E-state index in [1.54, 1.807) is 55.4 Å². The quantitative estimate of drug-likeness (QED) is 0.221. The van der Waals surface area contributed by atoms with E-state index in [1.165, 1.54) is 18.2 Å². The summed E-state index contributed by atoms with van der Waals surface area (Å²) in [5.74, 6) is -2.42. The minimum atomic E-state index is -1.84. The number of nitrogens with two attached hydrogens (primary N) is 1. The van der Waals surface area contributed by atoms with Crippen LogP contribution in [0.5, 0.6) is 11.5 Å². The predicted octanol–water partition coefficient (Wildman–Crippen LogP) is 5.25. The molecule has 0 aliphatic heterocycles. The molecule has 0 aromatic heterocycles. The van der Waals surface area contributed by atoms with Gasteiger partial charge in [-0.15, -0.1) is 0 Å². The van der Waals surface area contributed by atoms with Gasteiger partial charge in [0.05, 0.1) is 5.92 Å². The first-order valence-corrected chi connectivity index (χ1v) is 12.8. The zero-order valence-electron chi connectivity index (χ0n) is 24.6. The lowest BCUT2D eigenvalue weighted by molar-refractivity contribution is -0.157. The van der Waals surface area contributed by atoms with Crippen LogP contribution < -0.4 is 15.2 Å². The maximum absolute atomic E-state index is 12.4. The Morgan fingerprint density at radius 1 is 0.846 bits per heavy atom. The number of hydrogen-bond donors (Lipinski definition) is 2. The third-order valence-corrected chi connectivity index (χ3v) is 5.46. The topological polar surface area (TPSA) is 161 Å². The molecule has 0 amide bonds. The zero-order chi connectivity index (χ0) is 30.3. The van der Waals surface area contributed by atoms with Crippen molar-refractivity contribution in [2.45, 2.75) is 105 Å². The van der Waals surface area contributed by atoms with E-state index in [-0.39, 0.29) is 36.2 Å². The Morgan fingerprint density at radius 2 is 1.33 bits per heavy atom. The highest BCUT2D eigenvalue weighted by Gasteiger charge is 2.38. The van der Waals surface area contributed by atoms with Crippen LogP contribution in [0, 0.1) is 11.8 Å². The molecule has 0 spiro atoms. The van der Waals surface area contributed by atoms with Crippen molar-refractivity contribution in [1.29, 1.82) is 0 Å². The summed E-state index contributed by atoms with van der Waals surface area (Å²) in [6, 6.07) is 4.13. The Bertz CT molecular complexity index is 1040. The van der Waals surface area contributed by atoms with Crippen LogP contribution in [0.4, 0.5) is 9.59 Å². The highest BCUT2D eigenvalue weighted by molar-refractivity contribution is 5.79. The highest BCUT2D eigenvalue weighted by atomic mass is 16.8. The van der Waals surface area contributed by atoms with Gasteiger partial charge in [0.1, 0.15) is 22.8 Å². The van der Waals surface area contributed by atoms with Crippen molar-refractivity contribution in [2.75, 3.05) is 0 Å². The largest absolute Gasteiger partial charge is 0.514 e. The van der Waals surface area contributed by atoms with Crippen LogP contribution in [0.3, 0.4) is 0 Å². The van der Waals surface area contributed by atoms with E-state index in [0.717, 1.165) is 0 Å². The summed E-state index contributed by atoms with van der Waals surface area (Å²) in [7, 11) is 0. The average Bonchev–Trinajstić information content (AvgIpc) is 2.71. The van der Waals surface area contributed by atoms with E-state index in [9.17, 15) is 24.3 Å². The van der Waals surface area contributed by atoms with E-state index in [0.29, 0.717) is 5.56 Å². The van der Waals surface area contributed by atoms with Gasteiger partial charge in [-0.3, -0.25) is 9.59 Å². The Labute approximate surface area is 230 Å². The van der Waals surface area contributed by atoms with E-state index in [2.05, 4.69) is 0 Å². The molecule has 0 bridgehead atoms. The predicted molar refractivity (Wildman–Crippen MR) is 143 cm³/mol. The van der Waals surface area contributed by atoms with Crippen molar-refractivity contribution in [1.82, 2.24) is 0 Å². The van der Waals surface area contributed by atoms with E-state index >= 15 is 0 Å². The fraction of sp³-hybridized carbons (Fsp3) is 0.643. The van der Waals surface area contributed by atoms with Gasteiger partial charge >= 0.3 is 24.2 Å². The summed E-state index contributed by atoms with van der Waals surface area (Å²) in [4.78, 5) is 49.2. The summed E-state index contributed by atoms with van der Waals surface area (Å²) in [5, 5.41) is 9.94. The fourth-order valence-electron chi connectivity index (χ4n) is 3.28. The molecule has 11 heteroatoms. The smallest absolute Gasteiger partial charge is 0.480 e. The van der Waals surface area contributed by atoms with Gasteiger partial charge in [-0.05, 0) is 72.1 Å². The van der Waals surface area contributed by atoms with Gasteiger partial charge in [-0.25, -0.2) is 9.59 Å². The maximum Gasteiger partial charge on any atom is 0.514 e. The monoisotopic (exact) mass is 553 g/mol. The van der Waals surface area contributed by atoms with Gasteiger partial charge < -0.3 is 34.5 Å². The fourth-order valence-corrected chi connectivity index (χ4v) is 3.28. The molecule has 1 aromatic rings. The lowest BCUT2D eigenvalue weighted by atomic mass is 9.86. The Morgan fingerprint density at radius 3 is 1.77 bits per heavy atom. The molecule has 2 unspecified atom stereocenters. The molecule has 1 rings (SSSR count). The first kappa shape index (κ1) is 33.7. The summed E-state index contributed by atoms with van der Waals surface area (Å²) < 4.78 is 26.3. The van der Waals surface area contributed by atoms with Crippen LogP contribution in [0.2, 0.25) is 0 Å². The molecule has 0 aliphatic rings. The second-order valence-corrected chi connectivity index (χ2v) is 12.0. The number of aliphatic carboxylic acids is 1. The van der Waals surface area contributed by atoms with Gasteiger partial charge in [-0.2, -0.15) is 0 Å². The molecule has 3 atom stereocenters. The molecule has 0 saturated heterocycles. The molecule has 0 saturated carbocycles. The number of esters is 1. The van der Waals surface area contributed by atoms with Crippen LogP contribution in [-0.2, 0) is 30.2 Å². The molecular weight excluding hydrogens is 510 g/mol. The second kappa shape index (κ2) is 13.1. The minimum Gasteiger partial charge on any atom is -0.480 e. The van der Waals surface area contributed by atoms with Crippen molar-refractivity contribution in [3.63, 3.8) is 0 Å². The number of carboxylic acids is 1. The minimum absolute atomic E-state index is 0.0524. The van der Waals surface area contributed by atoms with Gasteiger partial charge in [0.2, 0.25) is 0 Å². The molecule has 0 fully saturated rings. The number of carbonyl (C=O) groups excluding carboxylic acids is 3. The number of carbonyl (C=O) groups is 4. The molecule has 3 N–H and O–H groups in total. The molecule has 1 aromatic carbocycles. The van der Waals surface area contributed by atoms with Crippen LogP contribution in [0.1, 0.15) is 81.2 Å². The van der Waals surface area contributed by atoms with Crippen molar-refractivity contribution in [3.05, 3.63) is 23.8 Å². The number of ether oxygens (including phenoxy) is 5. The van der Waals surface area contributed by atoms with E-state index in [1.807, 2.05) is 13.8 Å². The van der Waals surface area contributed by atoms with Gasteiger partial charge in [0.25, 0.3) is 0 Å². The molecule has 39 heavy (non-hydrogen) atoms. The lowest BCUT2D eigenvalue weighted by Gasteiger charge is -2.29. The van der Waals surface area contributed by atoms with Gasteiger partial charge in [-0.1, -0.05) is 26.8 Å². The van der Waals surface area contributed by atoms with Crippen LogP contribution >= 0.6 is 0 Å². The molecule has 11 nitrogen and oxygen atoms in total. The second-order valence-electron chi connectivity index (χ2n) is 12.0. The summed E-state index contributed by atoms with van der Waals surface area (Å²) >= 11 is 0. The SMILES string of the molecule is CC(C)C(C)C(=O)O[C@@H](C)CC(N)(Cc1ccc(OC(=O)OC(C)(C)C)c(OC(=O)OC(C)(C)C)c1)C(=O)O. The molecule has 220 valence electrons. The summed E-state index contributed by atoms with van der Waals surface area (Å²) in [6.07, 6.45) is -3.29. The van der Waals surface area contributed by atoms with Crippen LogP contribution in [0.25, 0.3) is 0 Å². The first-order chi connectivity index (χ1) is 17.6. The Kier molecular flexibility index (Phi) is 11.4. The van der Waals surface area contributed by atoms with Gasteiger partial charge in [0, 0.05) is 12.8 Å². The summed E-state index contributed by atoms with van der Waals surface area (Å²) in [6.45, 7) is 17.0. The first-order valence-electron chi connectivity index (χ1n) is 12.8. The number of hydrogen-bond acceptors (Lipinski definition) is 10. The average molecular weight is 554 g/mol. The van der Waals surface area contributed by atoms with Gasteiger partial charge in [0.15, 0.2) is 11.5 Å². The molecule has 0 radical (unpaired) electrons. The summed E-state index contributed by atoms with van der Waals surface area (Å²) in [5.41, 5.74) is 3.09. The lowest BCUT2D eigenvalue weighted by Crippen LogP contribution is -2.52. The Balaban J connectivity index is 3.26. The van der Waals surface area contributed by atoms with E-state index < -0.39 is 47.1 Å². The molecule has 0 heterocycles. The normalized spacial score (nSPS) is 15.0.